The third kappa shape index (κ3) is 3.10. The Morgan fingerprint density at radius 2 is 2.04 bits per heavy atom. The summed E-state index contributed by atoms with van der Waals surface area (Å²) in [5.41, 5.74) is 3.17. The van der Waals surface area contributed by atoms with Gasteiger partial charge in [-0.1, -0.05) is 6.07 Å². The van der Waals surface area contributed by atoms with Gasteiger partial charge < -0.3 is 9.88 Å². The number of anilines is 1. The molecule has 0 spiro atoms. The highest BCUT2D eigenvalue weighted by Crippen LogP contribution is 2.23. The molecule has 4 rings (SSSR count). The molecule has 0 radical (unpaired) electrons. The lowest BCUT2D eigenvalue weighted by Crippen LogP contribution is -2.31. The van der Waals surface area contributed by atoms with Crippen LogP contribution >= 0.6 is 0 Å². The monoisotopic (exact) mass is 322 g/mol. The van der Waals surface area contributed by atoms with Crippen LogP contribution < -0.4 is 4.90 Å². The van der Waals surface area contributed by atoms with Gasteiger partial charge in [-0.05, 0) is 31.5 Å². The van der Waals surface area contributed by atoms with Gasteiger partial charge >= 0.3 is 0 Å². The Bertz CT molecular complexity index is 813. The highest BCUT2D eigenvalue weighted by atomic mass is 15.3. The van der Waals surface area contributed by atoms with Gasteiger partial charge in [-0.15, -0.1) is 0 Å². The van der Waals surface area contributed by atoms with Crippen molar-refractivity contribution in [2.75, 3.05) is 31.1 Å². The molecule has 24 heavy (non-hydrogen) atoms. The van der Waals surface area contributed by atoms with Crippen molar-refractivity contribution in [2.45, 2.75) is 19.9 Å². The lowest BCUT2D eigenvalue weighted by Gasteiger charge is -2.23. The molecule has 6 heteroatoms. The van der Waals surface area contributed by atoms with E-state index in [0.29, 0.717) is 0 Å². The molecule has 3 aromatic rings. The van der Waals surface area contributed by atoms with Crippen molar-refractivity contribution in [3.05, 3.63) is 48.2 Å². The second kappa shape index (κ2) is 6.57. The molecule has 0 bridgehead atoms. The lowest BCUT2D eigenvalue weighted by atomic mass is 10.3. The fourth-order valence-electron chi connectivity index (χ4n) is 3.33. The van der Waals surface area contributed by atoms with Crippen LogP contribution in [0.25, 0.3) is 11.0 Å². The summed E-state index contributed by atoms with van der Waals surface area (Å²) in [6.07, 6.45) is 4.93. The van der Waals surface area contributed by atoms with Gasteiger partial charge in [0, 0.05) is 45.1 Å². The Hall–Kier alpha value is -2.47. The maximum Gasteiger partial charge on any atom is 0.156 e. The predicted molar refractivity (Wildman–Crippen MR) is 95.0 cm³/mol. The number of hydrogen-bond donors (Lipinski definition) is 1. The molecule has 0 amide bonds. The molecule has 0 saturated carbocycles. The first-order valence-corrected chi connectivity index (χ1v) is 8.48. The molecule has 0 atom stereocenters. The number of aromatic amines is 1. The summed E-state index contributed by atoms with van der Waals surface area (Å²) >= 11 is 0. The molecule has 1 N–H and O–H groups in total. The Kier molecular flexibility index (Phi) is 4.13. The molecule has 124 valence electrons. The summed E-state index contributed by atoms with van der Waals surface area (Å²) < 4.78 is 0. The molecule has 4 heterocycles. The Balaban J connectivity index is 1.51. The van der Waals surface area contributed by atoms with E-state index in [9.17, 15) is 0 Å². The molecule has 0 unspecified atom stereocenters. The van der Waals surface area contributed by atoms with Crippen molar-refractivity contribution in [1.82, 2.24) is 24.8 Å². The molecule has 1 aliphatic heterocycles. The molecule has 1 aliphatic rings. The summed E-state index contributed by atoms with van der Waals surface area (Å²) in [7, 11) is 0. The number of nitrogens with one attached hydrogen (secondary N) is 1. The van der Waals surface area contributed by atoms with E-state index < -0.39 is 0 Å². The topological polar surface area (TPSA) is 60.9 Å². The minimum Gasteiger partial charge on any atom is -0.357 e. The number of aromatic nitrogens is 4. The van der Waals surface area contributed by atoms with E-state index in [1.165, 1.54) is 0 Å². The van der Waals surface area contributed by atoms with Gasteiger partial charge in [-0.2, -0.15) is 0 Å². The highest BCUT2D eigenvalue weighted by molar-refractivity contribution is 5.86. The molecule has 1 fully saturated rings. The van der Waals surface area contributed by atoms with Gasteiger partial charge in [0.25, 0.3) is 0 Å². The first-order chi connectivity index (χ1) is 11.8. The fourth-order valence-corrected chi connectivity index (χ4v) is 3.33. The zero-order valence-corrected chi connectivity index (χ0v) is 13.9. The van der Waals surface area contributed by atoms with Crippen molar-refractivity contribution >= 4 is 16.9 Å². The van der Waals surface area contributed by atoms with Crippen molar-refractivity contribution in [2.24, 2.45) is 0 Å². The molecule has 3 aromatic heterocycles. The number of nitrogens with zero attached hydrogens (tertiary/aromatic N) is 5. The first kappa shape index (κ1) is 15.1. The number of hydrogen-bond acceptors (Lipinski definition) is 5. The first-order valence-electron chi connectivity index (χ1n) is 8.48. The Morgan fingerprint density at radius 1 is 1.08 bits per heavy atom. The molecular weight excluding hydrogens is 300 g/mol. The summed E-state index contributed by atoms with van der Waals surface area (Å²) in [6.45, 7) is 6.96. The van der Waals surface area contributed by atoms with Crippen LogP contribution in [0.2, 0.25) is 0 Å². The predicted octanol–water partition coefficient (Wildman–Crippen LogP) is 2.37. The van der Waals surface area contributed by atoms with Crippen molar-refractivity contribution in [1.29, 1.82) is 0 Å². The normalized spacial score (nSPS) is 16.5. The van der Waals surface area contributed by atoms with E-state index in [1.54, 1.807) is 0 Å². The minimum absolute atomic E-state index is 0.826. The van der Waals surface area contributed by atoms with Crippen molar-refractivity contribution in [3.63, 3.8) is 0 Å². The van der Waals surface area contributed by atoms with E-state index in [4.69, 9.17) is 4.98 Å². The van der Waals surface area contributed by atoms with E-state index in [1.807, 2.05) is 31.5 Å². The third-order valence-corrected chi connectivity index (χ3v) is 4.50. The van der Waals surface area contributed by atoms with Crippen LogP contribution in [-0.2, 0) is 6.54 Å². The van der Waals surface area contributed by atoms with Gasteiger partial charge in [0.1, 0.15) is 11.3 Å². The highest BCUT2D eigenvalue weighted by Gasteiger charge is 2.19. The molecule has 0 aromatic carbocycles. The number of pyridine rings is 1. The van der Waals surface area contributed by atoms with Gasteiger partial charge in [-0.25, -0.2) is 9.97 Å². The van der Waals surface area contributed by atoms with Crippen LogP contribution in [0, 0.1) is 6.92 Å². The number of aryl methyl sites for hydroxylation is 1. The largest absolute Gasteiger partial charge is 0.357 e. The van der Waals surface area contributed by atoms with Crippen LogP contribution in [0.4, 0.5) is 5.82 Å². The molecule has 0 aliphatic carbocycles. The average molecular weight is 322 g/mol. The lowest BCUT2D eigenvalue weighted by molar-refractivity contribution is 0.282. The van der Waals surface area contributed by atoms with Gasteiger partial charge in [-0.3, -0.25) is 9.88 Å². The van der Waals surface area contributed by atoms with Crippen LogP contribution in [0.1, 0.15) is 17.9 Å². The molecule has 1 saturated heterocycles. The van der Waals surface area contributed by atoms with E-state index >= 15 is 0 Å². The Morgan fingerprint density at radius 3 is 2.92 bits per heavy atom. The van der Waals surface area contributed by atoms with Gasteiger partial charge in [0.2, 0.25) is 0 Å². The van der Waals surface area contributed by atoms with Crippen LogP contribution in [-0.4, -0.2) is 51.0 Å². The summed E-state index contributed by atoms with van der Waals surface area (Å²) in [6, 6.07) is 8.13. The van der Waals surface area contributed by atoms with Crippen LogP contribution in [0.15, 0.2) is 36.7 Å². The van der Waals surface area contributed by atoms with Crippen LogP contribution in [0.3, 0.4) is 0 Å². The SMILES string of the molecule is Cc1nc(N2CCCN(Cc3ccccn3)CC2)c2[nH]ccc2n1. The van der Waals surface area contributed by atoms with E-state index in [2.05, 4.69) is 36.9 Å². The summed E-state index contributed by atoms with van der Waals surface area (Å²) in [4.78, 5) is 21.8. The quantitative estimate of drug-likeness (QED) is 0.802. The summed E-state index contributed by atoms with van der Waals surface area (Å²) in [5.74, 6) is 1.86. The van der Waals surface area contributed by atoms with E-state index in [-0.39, 0.29) is 0 Å². The second-order valence-electron chi connectivity index (χ2n) is 6.27. The third-order valence-electron chi connectivity index (χ3n) is 4.50. The average Bonchev–Trinajstić information content (AvgIpc) is 2.94. The Labute approximate surface area is 141 Å². The maximum atomic E-state index is 4.70. The maximum absolute atomic E-state index is 4.70. The fraction of sp³-hybridized carbons (Fsp3) is 0.389. The smallest absolute Gasteiger partial charge is 0.156 e. The van der Waals surface area contributed by atoms with Gasteiger partial charge in [0.05, 0.1) is 11.2 Å². The van der Waals surface area contributed by atoms with E-state index in [0.717, 1.165) is 67.5 Å². The number of fused-ring (bicyclic) bond motifs is 1. The minimum atomic E-state index is 0.826. The van der Waals surface area contributed by atoms with Crippen molar-refractivity contribution < 1.29 is 0 Å². The van der Waals surface area contributed by atoms with Gasteiger partial charge in [0.15, 0.2) is 5.82 Å². The number of H-pyrrole nitrogens is 1. The molecular formula is C18H22N6. The second-order valence-corrected chi connectivity index (χ2v) is 6.27. The number of rotatable bonds is 3. The standard InChI is InChI=1S/C18H22N6/c1-14-21-16-6-8-20-17(16)18(22-14)24-10-4-9-23(11-12-24)13-15-5-2-3-7-19-15/h2-3,5-8,20H,4,9-13H2,1H3. The zero-order chi connectivity index (χ0) is 16.4. The molecule has 6 nitrogen and oxygen atoms in total. The van der Waals surface area contributed by atoms with Crippen molar-refractivity contribution in [3.8, 4) is 0 Å². The van der Waals surface area contributed by atoms with Crippen LogP contribution in [0.5, 0.6) is 0 Å². The summed E-state index contributed by atoms with van der Waals surface area (Å²) in [5, 5.41) is 0. The zero-order valence-electron chi connectivity index (χ0n) is 13.9.